The first-order chi connectivity index (χ1) is 9.56. The van der Waals surface area contributed by atoms with Crippen molar-refractivity contribution in [2.24, 2.45) is 0 Å². The highest BCUT2D eigenvalue weighted by molar-refractivity contribution is 9.10. The van der Waals surface area contributed by atoms with Crippen LogP contribution in [0.5, 0.6) is 5.75 Å². The minimum Gasteiger partial charge on any atom is -0.495 e. The van der Waals surface area contributed by atoms with Crippen LogP contribution in [0.2, 0.25) is 5.15 Å². The summed E-state index contributed by atoms with van der Waals surface area (Å²) in [6, 6.07) is 7.20. The van der Waals surface area contributed by atoms with Gasteiger partial charge in [-0.2, -0.15) is 5.26 Å². The standard InChI is InChI=1S/C13H9BrClN3O2/c1-20-10-3-2-8(4-9(10)5-16)6-18-7-17-12(15)11(14)13(18)19/h2-4,7H,6H2,1H3. The topological polar surface area (TPSA) is 67.9 Å². The molecule has 2 rings (SSSR count). The van der Waals surface area contributed by atoms with Gasteiger partial charge in [0.15, 0.2) is 5.15 Å². The van der Waals surface area contributed by atoms with Crippen LogP contribution in [-0.2, 0) is 6.54 Å². The third-order valence-corrected chi connectivity index (χ3v) is 3.91. The summed E-state index contributed by atoms with van der Waals surface area (Å²) in [5.74, 6) is 0.499. The summed E-state index contributed by atoms with van der Waals surface area (Å²) in [4.78, 5) is 15.9. The maximum atomic E-state index is 12.0. The zero-order valence-corrected chi connectivity index (χ0v) is 12.8. The Labute approximate surface area is 128 Å². The highest BCUT2D eigenvalue weighted by Gasteiger charge is 2.09. The molecule has 0 fully saturated rings. The highest BCUT2D eigenvalue weighted by atomic mass is 79.9. The van der Waals surface area contributed by atoms with Crippen LogP contribution in [0.3, 0.4) is 0 Å². The summed E-state index contributed by atoms with van der Waals surface area (Å²) < 4.78 is 6.69. The van der Waals surface area contributed by atoms with Gasteiger partial charge in [-0.15, -0.1) is 0 Å². The average Bonchev–Trinajstić information content (AvgIpc) is 2.47. The zero-order chi connectivity index (χ0) is 14.7. The molecule has 0 aliphatic rings. The van der Waals surface area contributed by atoms with Gasteiger partial charge in [0.2, 0.25) is 0 Å². The van der Waals surface area contributed by atoms with Crippen molar-refractivity contribution < 1.29 is 4.74 Å². The Kier molecular flexibility index (Phi) is 4.42. The van der Waals surface area contributed by atoms with Gasteiger partial charge in [-0.1, -0.05) is 17.7 Å². The number of hydrogen-bond acceptors (Lipinski definition) is 4. The quantitative estimate of drug-likeness (QED) is 0.795. The summed E-state index contributed by atoms with van der Waals surface area (Å²) in [6.07, 6.45) is 1.37. The molecule has 0 unspecified atom stereocenters. The van der Waals surface area contributed by atoms with E-state index >= 15 is 0 Å². The number of hydrogen-bond donors (Lipinski definition) is 0. The fourth-order valence-corrected chi connectivity index (χ4v) is 2.15. The molecule has 0 N–H and O–H groups in total. The second kappa shape index (κ2) is 6.07. The van der Waals surface area contributed by atoms with Crippen molar-refractivity contribution in [3.63, 3.8) is 0 Å². The summed E-state index contributed by atoms with van der Waals surface area (Å²) in [6.45, 7) is 0.292. The van der Waals surface area contributed by atoms with Gasteiger partial charge in [-0.05, 0) is 33.6 Å². The lowest BCUT2D eigenvalue weighted by molar-refractivity contribution is 0.413. The summed E-state index contributed by atoms with van der Waals surface area (Å²) >= 11 is 8.84. The van der Waals surface area contributed by atoms with Crippen LogP contribution in [0.25, 0.3) is 0 Å². The first kappa shape index (κ1) is 14.6. The van der Waals surface area contributed by atoms with Gasteiger partial charge < -0.3 is 4.74 Å². The van der Waals surface area contributed by atoms with Crippen molar-refractivity contribution in [3.8, 4) is 11.8 Å². The largest absolute Gasteiger partial charge is 0.495 e. The summed E-state index contributed by atoms with van der Waals surface area (Å²) in [5, 5.41) is 9.16. The van der Waals surface area contributed by atoms with E-state index < -0.39 is 0 Å². The van der Waals surface area contributed by atoms with Crippen LogP contribution >= 0.6 is 27.5 Å². The fraction of sp³-hybridized carbons (Fsp3) is 0.154. The van der Waals surface area contributed by atoms with Crippen LogP contribution in [0, 0.1) is 11.3 Å². The number of benzene rings is 1. The molecule has 0 spiro atoms. The van der Waals surface area contributed by atoms with Gasteiger partial charge in [-0.3, -0.25) is 9.36 Å². The lowest BCUT2D eigenvalue weighted by Crippen LogP contribution is -2.21. The van der Waals surface area contributed by atoms with Gasteiger partial charge in [0.05, 0.1) is 25.5 Å². The predicted molar refractivity (Wildman–Crippen MR) is 78.0 cm³/mol. The molecular weight excluding hydrogens is 346 g/mol. The Bertz CT molecular complexity index is 752. The van der Waals surface area contributed by atoms with Crippen LogP contribution in [0.4, 0.5) is 0 Å². The molecule has 1 aromatic carbocycles. The van der Waals surface area contributed by atoms with Crippen molar-refractivity contribution in [3.05, 3.63) is 55.6 Å². The monoisotopic (exact) mass is 353 g/mol. The Morgan fingerprint density at radius 3 is 2.95 bits per heavy atom. The van der Waals surface area contributed by atoms with Crippen LogP contribution in [-0.4, -0.2) is 16.7 Å². The number of halogens is 2. The van der Waals surface area contributed by atoms with Gasteiger partial charge in [0, 0.05) is 0 Å². The third-order valence-electron chi connectivity index (χ3n) is 2.68. The molecule has 0 bridgehead atoms. The second-order valence-electron chi connectivity index (χ2n) is 3.93. The molecule has 1 heterocycles. The average molecular weight is 355 g/mol. The van der Waals surface area contributed by atoms with E-state index in [4.69, 9.17) is 21.6 Å². The van der Waals surface area contributed by atoms with Crippen molar-refractivity contribution >= 4 is 27.5 Å². The number of rotatable bonds is 3. The molecule has 0 aliphatic carbocycles. The summed E-state index contributed by atoms with van der Waals surface area (Å²) in [7, 11) is 1.50. The van der Waals surface area contributed by atoms with E-state index in [2.05, 4.69) is 20.9 Å². The molecule has 0 aliphatic heterocycles. The van der Waals surface area contributed by atoms with Crippen LogP contribution in [0.15, 0.2) is 33.8 Å². The lowest BCUT2D eigenvalue weighted by atomic mass is 10.1. The van der Waals surface area contributed by atoms with Crippen molar-refractivity contribution in [2.75, 3.05) is 7.11 Å². The van der Waals surface area contributed by atoms with E-state index in [1.54, 1.807) is 18.2 Å². The third kappa shape index (κ3) is 2.84. The molecule has 7 heteroatoms. The Morgan fingerprint density at radius 1 is 1.55 bits per heavy atom. The minimum absolute atomic E-state index is 0.124. The first-order valence-corrected chi connectivity index (χ1v) is 6.71. The second-order valence-corrected chi connectivity index (χ2v) is 5.08. The molecule has 1 aromatic heterocycles. The number of ether oxygens (including phenoxy) is 1. The van der Waals surface area contributed by atoms with Crippen LogP contribution < -0.4 is 10.3 Å². The molecule has 0 amide bonds. The maximum Gasteiger partial charge on any atom is 0.269 e. The van der Waals surface area contributed by atoms with Gasteiger partial charge >= 0.3 is 0 Å². The molecule has 20 heavy (non-hydrogen) atoms. The first-order valence-electron chi connectivity index (χ1n) is 5.54. The van der Waals surface area contributed by atoms with Gasteiger partial charge in [-0.25, -0.2) is 4.98 Å². The number of nitrogens with zero attached hydrogens (tertiary/aromatic N) is 3. The molecule has 0 saturated carbocycles. The molecule has 0 saturated heterocycles. The van der Waals surface area contributed by atoms with E-state index in [0.717, 1.165) is 5.56 Å². The fourth-order valence-electron chi connectivity index (χ4n) is 1.69. The van der Waals surface area contributed by atoms with E-state index in [9.17, 15) is 4.79 Å². The smallest absolute Gasteiger partial charge is 0.269 e. The van der Waals surface area contributed by atoms with E-state index in [-0.39, 0.29) is 15.2 Å². The molecular formula is C13H9BrClN3O2. The molecule has 2 aromatic rings. The Morgan fingerprint density at radius 2 is 2.30 bits per heavy atom. The summed E-state index contributed by atoms with van der Waals surface area (Å²) in [5.41, 5.74) is 0.929. The van der Waals surface area contributed by atoms with E-state index in [1.807, 2.05) is 6.07 Å². The van der Waals surface area contributed by atoms with Crippen LogP contribution in [0.1, 0.15) is 11.1 Å². The van der Waals surface area contributed by atoms with Crippen molar-refractivity contribution in [1.82, 2.24) is 9.55 Å². The van der Waals surface area contributed by atoms with E-state index in [0.29, 0.717) is 17.9 Å². The maximum absolute atomic E-state index is 12.0. The van der Waals surface area contributed by atoms with Crippen molar-refractivity contribution in [1.29, 1.82) is 5.26 Å². The zero-order valence-electron chi connectivity index (χ0n) is 10.4. The molecule has 5 nitrogen and oxygen atoms in total. The number of methoxy groups -OCH3 is 1. The normalized spacial score (nSPS) is 10.1. The Balaban J connectivity index is 2.39. The van der Waals surface area contributed by atoms with Gasteiger partial charge in [0.1, 0.15) is 16.3 Å². The van der Waals surface area contributed by atoms with Gasteiger partial charge in [0.25, 0.3) is 5.56 Å². The Hall–Kier alpha value is -1.84. The number of nitriles is 1. The van der Waals surface area contributed by atoms with E-state index in [1.165, 1.54) is 18.0 Å². The SMILES string of the molecule is COc1ccc(Cn2cnc(Cl)c(Br)c2=O)cc1C#N. The molecule has 0 radical (unpaired) electrons. The van der Waals surface area contributed by atoms with Crippen molar-refractivity contribution in [2.45, 2.75) is 6.54 Å². The minimum atomic E-state index is -0.278. The predicted octanol–water partition coefficient (Wildman–Crippen LogP) is 2.59. The molecule has 0 atom stereocenters. The lowest BCUT2D eigenvalue weighted by Gasteiger charge is -2.08. The highest BCUT2D eigenvalue weighted by Crippen LogP contribution is 2.19. The molecule has 102 valence electrons. The number of aromatic nitrogens is 2.